The van der Waals surface area contributed by atoms with Crippen LogP contribution in [0.5, 0.6) is 0 Å². The van der Waals surface area contributed by atoms with Gasteiger partial charge < -0.3 is 10.6 Å². The molecule has 18 heavy (non-hydrogen) atoms. The molecular weight excluding hydrogens is 243 g/mol. The van der Waals surface area contributed by atoms with Gasteiger partial charge in [-0.2, -0.15) is 13.2 Å². The van der Waals surface area contributed by atoms with Crippen molar-refractivity contribution in [2.45, 2.75) is 32.5 Å². The van der Waals surface area contributed by atoms with Gasteiger partial charge in [-0.1, -0.05) is 13.8 Å². The number of hydrogen-bond donors (Lipinski definition) is 1. The van der Waals surface area contributed by atoms with Crippen molar-refractivity contribution in [1.82, 2.24) is 9.80 Å². The maximum absolute atomic E-state index is 12.6. The highest BCUT2D eigenvalue weighted by molar-refractivity contribution is 4.85. The normalized spacial score (nSPS) is 23.8. The van der Waals surface area contributed by atoms with Crippen LogP contribution in [0.15, 0.2) is 0 Å². The number of hydrogen-bond acceptors (Lipinski definition) is 3. The lowest BCUT2D eigenvalue weighted by Crippen LogP contribution is -2.42. The van der Waals surface area contributed by atoms with Crippen LogP contribution in [0.2, 0.25) is 0 Å². The molecule has 2 atom stereocenters. The van der Waals surface area contributed by atoms with Crippen molar-refractivity contribution in [3.8, 4) is 0 Å². The molecule has 1 rings (SSSR count). The zero-order valence-electron chi connectivity index (χ0n) is 11.2. The minimum absolute atomic E-state index is 0.0395. The van der Waals surface area contributed by atoms with E-state index in [9.17, 15) is 13.2 Å². The van der Waals surface area contributed by atoms with Gasteiger partial charge in [0.2, 0.25) is 0 Å². The SMILES string of the molecule is CCN(CC)C1CCN(CC(CN)C(F)(F)F)C1. The number of alkyl halides is 3. The van der Waals surface area contributed by atoms with E-state index < -0.39 is 12.1 Å². The summed E-state index contributed by atoms with van der Waals surface area (Å²) in [6, 6.07) is 0.395. The zero-order valence-corrected chi connectivity index (χ0v) is 11.2. The van der Waals surface area contributed by atoms with Gasteiger partial charge in [-0.25, -0.2) is 0 Å². The molecule has 6 heteroatoms. The second-order valence-electron chi connectivity index (χ2n) is 4.90. The summed E-state index contributed by atoms with van der Waals surface area (Å²) in [7, 11) is 0. The number of halogens is 3. The standard InChI is InChI=1S/C12H24F3N3/c1-3-18(4-2)11-5-6-17(9-11)8-10(7-16)12(13,14)15/h10-11H,3-9,16H2,1-2H3. The Hall–Kier alpha value is -0.330. The van der Waals surface area contributed by atoms with Gasteiger partial charge in [0, 0.05) is 25.7 Å². The summed E-state index contributed by atoms with van der Waals surface area (Å²) in [5.74, 6) is -1.40. The fourth-order valence-electron chi connectivity index (χ4n) is 2.64. The van der Waals surface area contributed by atoms with E-state index >= 15 is 0 Å². The van der Waals surface area contributed by atoms with Crippen LogP contribution >= 0.6 is 0 Å². The second-order valence-corrected chi connectivity index (χ2v) is 4.90. The van der Waals surface area contributed by atoms with Crippen LogP contribution in [-0.4, -0.2) is 61.3 Å². The number of likely N-dealkylation sites (N-methyl/N-ethyl adjacent to an activating group) is 1. The molecule has 0 spiro atoms. The van der Waals surface area contributed by atoms with Crippen LogP contribution in [-0.2, 0) is 0 Å². The first kappa shape index (κ1) is 15.7. The molecule has 1 aliphatic rings. The highest BCUT2D eigenvalue weighted by Gasteiger charge is 2.40. The summed E-state index contributed by atoms with van der Waals surface area (Å²) in [5, 5.41) is 0. The van der Waals surface area contributed by atoms with Gasteiger partial charge >= 0.3 is 6.18 Å². The number of nitrogens with zero attached hydrogens (tertiary/aromatic N) is 2. The van der Waals surface area contributed by atoms with Gasteiger partial charge in [-0.05, 0) is 26.1 Å². The van der Waals surface area contributed by atoms with E-state index in [1.165, 1.54) is 0 Å². The second kappa shape index (κ2) is 6.73. The van der Waals surface area contributed by atoms with E-state index in [0.717, 1.165) is 32.6 Å². The van der Waals surface area contributed by atoms with Crippen LogP contribution in [0.1, 0.15) is 20.3 Å². The van der Waals surface area contributed by atoms with Gasteiger partial charge in [-0.15, -0.1) is 0 Å². The molecule has 1 fully saturated rings. The van der Waals surface area contributed by atoms with E-state index in [1.807, 2.05) is 4.90 Å². The van der Waals surface area contributed by atoms with E-state index in [1.54, 1.807) is 0 Å². The fourth-order valence-corrected chi connectivity index (χ4v) is 2.64. The van der Waals surface area contributed by atoms with E-state index in [0.29, 0.717) is 6.04 Å². The average Bonchev–Trinajstić information content (AvgIpc) is 2.74. The van der Waals surface area contributed by atoms with Crippen molar-refractivity contribution in [3.63, 3.8) is 0 Å². The largest absolute Gasteiger partial charge is 0.394 e. The Bertz CT molecular complexity index is 241. The Labute approximate surface area is 107 Å². The van der Waals surface area contributed by atoms with Gasteiger partial charge in [0.05, 0.1) is 5.92 Å². The maximum Gasteiger partial charge on any atom is 0.394 e. The summed E-state index contributed by atoms with van der Waals surface area (Å²) >= 11 is 0. The topological polar surface area (TPSA) is 32.5 Å². The molecule has 0 amide bonds. The Kier molecular flexibility index (Phi) is 5.88. The van der Waals surface area contributed by atoms with Crippen molar-refractivity contribution in [3.05, 3.63) is 0 Å². The molecule has 1 saturated heterocycles. The van der Waals surface area contributed by atoms with Crippen molar-refractivity contribution in [2.24, 2.45) is 11.7 Å². The van der Waals surface area contributed by atoms with Crippen molar-refractivity contribution in [1.29, 1.82) is 0 Å². The molecule has 0 aromatic heterocycles. The first-order chi connectivity index (χ1) is 8.42. The summed E-state index contributed by atoms with van der Waals surface area (Å²) in [4.78, 5) is 4.21. The lowest BCUT2D eigenvalue weighted by molar-refractivity contribution is -0.175. The first-order valence-corrected chi connectivity index (χ1v) is 6.65. The van der Waals surface area contributed by atoms with Crippen molar-refractivity contribution in [2.75, 3.05) is 39.3 Å². The third-order valence-electron chi connectivity index (χ3n) is 3.80. The number of nitrogens with two attached hydrogens (primary N) is 1. The van der Waals surface area contributed by atoms with Gasteiger partial charge in [0.15, 0.2) is 0 Å². The Balaban J connectivity index is 2.47. The molecule has 2 N–H and O–H groups in total. The Morgan fingerprint density at radius 3 is 2.39 bits per heavy atom. The lowest BCUT2D eigenvalue weighted by atomic mass is 10.1. The molecule has 1 heterocycles. The third kappa shape index (κ3) is 4.10. The van der Waals surface area contributed by atoms with Crippen LogP contribution in [0.25, 0.3) is 0 Å². The zero-order chi connectivity index (χ0) is 13.8. The summed E-state index contributed by atoms with van der Waals surface area (Å²) in [5.41, 5.74) is 5.23. The van der Waals surface area contributed by atoms with Crippen LogP contribution < -0.4 is 5.73 Å². The molecule has 0 radical (unpaired) electrons. The van der Waals surface area contributed by atoms with E-state index in [2.05, 4.69) is 18.7 Å². The molecule has 0 bridgehead atoms. The van der Waals surface area contributed by atoms with Crippen LogP contribution in [0, 0.1) is 5.92 Å². The Morgan fingerprint density at radius 1 is 1.33 bits per heavy atom. The third-order valence-corrected chi connectivity index (χ3v) is 3.80. The quantitative estimate of drug-likeness (QED) is 0.792. The van der Waals surface area contributed by atoms with E-state index in [-0.39, 0.29) is 13.1 Å². The first-order valence-electron chi connectivity index (χ1n) is 6.65. The van der Waals surface area contributed by atoms with Crippen molar-refractivity contribution < 1.29 is 13.2 Å². The summed E-state index contributed by atoms with van der Waals surface area (Å²) < 4.78 is 37.9. The molecule has 2 unspecified atom stereocenters. The molecule has 3 nitrogen and oxygen atoms in total. The van der Waals surface area contributed by atoms with Gasteiger partial charge in [-0.3, -0.25) is 4.90 Å². The molecule has 0 aromatic carbocycles. The predicted molar refractivity (Wildman–Crippen MR) is 66.4 cm³/mol. The Morgan fingerprint density at radius 2 is 1.94 bits per heavy atom. The predicted octanol–water partition coefficient (Wildman–Crippen LogP) is 1.54. The average molecular weight is 267 g/mol. The number of rotatable bonds is 6. The maximum atomic E-state index is 12.6. The van der Waals surface area contributed by atoms with E-state index in [4.69, 9.17) is 5.73 Å². The number of likely N-dealkylation sites (tertiary alicyclic amines) is 1. The molecule has 0 aliphatic carbocycles. The molecule has 1 aliphatic heterocycles. The molecular formula is C12H24F3N3. The van der Waals surface area contributed by atoms with Crippen LogP contribution in [0.3, 0.4) is 0 Å². The molecule has 0 saturated carbocycles. The highest BCUT2D eigenvalue weighted by Crippen LogP contribution is 2.27. The smallest absolute Gasteiger partial charge is 0.330 e. The summed E-state index contributed by atoms with van der Waals surface area (Å²) in [6.45, 7) is 7.27. The van der Waals surface area contributed by atoms with Gasteiger partial charge in [0.25, 0.3) is 0 Å². The minimum atomic E-state index is -4.18. The van der Waals surface area contributed by atoms with Gasteiger partial charge in [0.1, 0.15) is 0 Å². The highest BCUT2D eigenvalue weighted by atomic mass is 19.4. The summed E-state index contributed by atoms with van der Waals surface area (Å²) in [6.07, 6.45) is -3.22. The monoisotopic (exact) mass is 267 g/mol. The molecule has 0 aromatic rings. The minimum Gasteiger partial charge on any atom is -0.330 e. The van der Waals surface area contributed by atoms with Crippen LogP contribution in [0.4, 0.5) is 13.2 Å². The molecule has 108 valence electrons. The van der Waals surface area contributed by atoms with Crippen molar-refractivity contribution >= 4 is 0 Å². The fraction of sp³-hybridized carbons (Fsp3) is 1.00. The lowest BCUT2D eigenvalue weighted by Gasteiger charge is -2.28.